The monoisotopic (exact) mass is 404 g/mol. The van der Waals surface area contributed by atoms with E-state index in [1.165, 1.54) is 0 Å². The van der Waals surface area contributed by atoms with Gasteiger partial charge in [-0.1, -0.05) is 48.5 Å². The molecule has 30 heavy (non-hydrogen) atoms. The van der Waals surface area contributed by atoms with Crippen LogP contribution in [0.15, 0.2) is 60.7 Å². The number of nitrogens with zero attached hydrogens (tertiary/aromatic N) is 2. The maximum atomic E-state index is 13.8. The van der Waals surface area contributed by atoms with E-state index >= 15 is 0 Å². The van der Waals surface area contributed by atoms with Gasteiger partial charge in [-0.05, 0) is 43.4 Å². The van der Waals surface area contributed by atoms with Gasteiger partial charge in [0.15, 0.2) is 0 Å². The van der Waals surface area contributed by atoms with Gasteiger partial charge in [-0.15, -0.1) is 0 Å². The van der Waals surface area contributed by atoms with E-state index in [4.69, 9.17) is 4.74 Å². The quantitative estimate of drug-likeness (QED) is 0.768. The molecule has 0 radical (unpaired) electrons. The maximum absolute atomic E-state index is 13.8. The molecule has 2 heterocycles. The highest BCUT2D eigenvalue weighted by Crippen LogP contribution is 2.50. The molecular formula is C25H28N2O3. The van der Waals surface area contributed by atoms with E-state index in [1.807, 2.05) is 70.5 Å². The molecule has 3 aliphatic rings. The predicted octanol–water partition coefficient (Wildman–Crippen LogP) is 3.39. The van der Waals surface area contributed by atoms with Crippen LogP contribution in [0.2, 0.25) is 0 Å². The van der Waals surface area contributed by atoms with Gasteiger partial charge < -0.3 is 14.5 Å². The number of hydrogen-bond donors (Lipinski definition) is 0. The van der Waals surface area contributed by atoms with Crippen LogP contribution in [-0.4, -0.2) is 53.4 Å². The minimum absolute atomic E-state index is 0.0869. The van der Waals surface area contributed by atoms with Crippen LogP contribution in [0.25, 0.3) is 0 Å². The molecule has 5 heteroatoms. The summed E-state index contributed by atoms with van der Waals surface area (Å²) in [5.74, 6) is 0.961. The van der Waals surface area contributed by atoms with Crippen molar-refractivity contribution in [3.05, 3.63) is 66.2 Å². The lowest BCUT2D eigenvalue weighted by molar-refractivity contribution is -0.144. The van der Waals surface area contributed by atoms with Crippen LogP contribution >= 0.6 is 0 Å². The number of ether oxygens (including phenoxy) is 1. The van der Waals surface area contributed by atoms with E-state index in [9.17, 15) is 9.59 Å². The Morgan fingerprint density at radius 2 is 1.53 bits per heavy atom. The maximum Gasteiger partial charge on any atom is 0.245 e. The lowest BCUT2D eigenvalue weighted by atomic mass is 9.94. The van der Waals surface area contributed by atoms with E-state index in [0.717, 1.165) is 50.1 Å². The summed E-state index contributed by atoms with van der Waals surface area (Å²) in [6, 6.07) is 19.3. The number of para-hydroxylation sites is 1. The van der Waals surface area contributed by atoms with Gasteiger partial charge in [0.25, 0.3) is 0 Å². The fraction of sp³-hybridized carbons (Fsp3) is 0.440. The molecule has 5 nitrogen and oxygen atoms in total. The van der Waals surface area contributed by atoms with E-state index in [0.29, 0.717) is 13.0 Å². The predicted molar refractivity (Wildman–Crippen MR) is 114 cm³/mol. The second-order valence-electron chi connectivity index (χ2n) is 8.74. The molecule has 2 aromatic carbocycles. The topological polar surface area (TPSA) is 49.9 Å². The first kappa shape index (κ1) is 19.2. The number of likely N-dealkylation sites (tertiary alicyclic amines) is 2. The molecule has 0 bridgehead atoms. The van der Waals surface area contributed by atoms with Crippen molar-refractivity contribution < 1.29 is 14.3 Å². The van der Waals surface area contributed by atoms with Crippen LogP contribution in [0.1, 0.15) is 37.7 Å². The molecule has 2 saturated heterocycles. The fourth-order valence-corrected chi connectivity index (χ4v) is 4.96. The first-order chi connectivity index (χ1) is 14.7. The normalized spacial score (nSPS) is 24.7. The Balaban J connectivity index is 1.40. The van der Waals surface area contributed by atoms with E-state index < -0.39 is 11.5 Å². The van der Waals surface area contributed by atoms with Gasteiger partial charge in [-0.2, -0.15) is 0 Å². The lowest BCUT2D eigenvalue weighted by Crippen LogP contribution is -2.50. The first-order valence-electron chi connectivity index (χ1n) is 11.0. The first-order valence-corrected chi connectivity index (χ1v) is 11.0. The highest BCUT2D eigenvalue weighted by atomic mass is 16.5. The minimum atomic E-state index is -0.466. The van der Waals surface area contributed by atoms with Gasteiger partial charge in [-0.3, -0.25) is 9.59 Å². The van der Waals surface area contributed by atoms with Crippen molar-refractivity contribution in [2.24, 2.45) is 0 Å². The van der Waals surface area contributed by atoms with Crippen molar-refractivity contribution >= 4 is 11.8 Å². The standard InChI is InChI=1S/C25H28N2O3/c28-23(26-15-7-8-16-26)22-17-21(30-20-11-5-2-6-12-20)18-27(22)24(29)25(13-14-25)19-9-3-1-4-10-19/h1-6,9-12,21-22H,7-8,13-18H2/t21-,22-/m0/s1. The van der Waals surface area contributed by atoms with Crippen LogP contribution in [0.5, 0.6) is 5.75 Å². The van der Waals surface area contributed by atoms with Gasteiger partial charge in [0, 0.05) is 19.5 Å². The third-order valence-electron chi connectivity index (χ3n) is 6.76. The summed E-state index contributed by atoms with van der Waals surface area (Å²) in [5.41, 5.74) is 0.599. The summed E-state index contributed by atoms with van der Waals surface area (Å²) in [7, 11) is 0. The van der Waals surface area contributed by atoms with Gasteiger partial charge >= 0.3 is 0 Å². The number of carbonyl (C=O) groups is 2. The summed E-state index contributed by atoms with van der Waals surface area (Å²) >= 11 is 0. The highest BCUT2D eigenvalue weighted by molar-refractivity contribution is 5.95. The SMILES string of the molecule is O=C([C@@H]1C[C@H](Oc2ccccc2)CN1C(=O)C1(c2ccccc2)CC1)N1CCCC1. The van der Waals surface area contributed by atoms with Crippen molar-refractivity contribution in [3.8, 4) is 5.75 Å². The molecule has 2 aliphatic heterocycles. The van der Waals surface area contributed by atoms with Crippen LogP contribution in [0.4, 0.5) is 0 Å². The van der Waals surface area contributed by atoms with Crippen LogP contribution in [0.3, 0.4) is 0 Å². The number of amides is 2. The second kappa shape index (κ2) is 7.78. The number of benzene rings is 2. The molecule has 0 aromatic heterocycles. The molecule has 1 saturated carbocycles. The van der Waals surface area contributed by atoms with Gasteiger partial charge in [0.1, 0.15) is 17.9 Å². The molecule has 2 atom stereocenters. The largest absolute Gasteiger partial charge is 0.488 e. The lowest BCUT2D eigenvalue weighted by Gasteiger charge is -2.30. The molecule has 2 amide bonds. The Bertz CT molecular complexity index is 905. The molecule has 5 rings (SSSR count). The summed E-state index contributed by atoms with van der Waals surface area (Å²) in [5, 5.41) is 0. The average Bonchev–Trinajstić information content (AvgIpc) is 3.21. The third kappa shape index (κ3) is 3.47. The Hall–Kier alpha value is -2.82. The molecule has 2 aromatic rings. The van der Waals surface area contributed by atoms with Gasteiger partial charge in [-0.25, -0.2) is 0 Å². The van der Waals surface area contributed by atoms with Crippen molar-refractivity contribution in [3.63, 3.8) is 0 Å². The summed E-state index contributed by atoms with van der Waals surface area (Å²) in [4.78, 5) is 30.8. The molecule has 1 aliphatic carbocycles. The Kier molecular flexibility index (Phi) is 4.97. The summed E-state index contributed by atoms with van der Waals surface area (Å²) in [6.07, 6.45) is 4.18. The molecule has 0 N–H and O–H groups in total. The Labute approximate surface area is 177 Å². The smallest absolute Gasteiger partial charge is 0.245 e. The Morgan fingerprint density at radius 1 is 0.900 bits per heavy atom. The highest BCUT2D eigenvalue weighted by Gasteiger charge is 2.56. The van der Waals surface area contributed by atoms with Crippen LogP contribution < -0.4 is 4.74 Å². The summed E-state index contributed by atoms with van der Waals surface area (Å²) in [6.45, 7) is 2.06. The van der Waals surface area contributed by atoms with E-state index in [-0.39, 0.29) is 17.9 Å². The number of hydrogen-bond acceptors (Lipinski definition) is 3. The fourth-order valence-electron chi connectivity index (χ4n) is 4.96. The molecule has 3 fully saturated rings. The number of rotatable bonds is 5. The van der Waals surface area contributed by atoms with Crippen molar-refractivity contribution in [1.82, 2.24) is 9.80 Å². The van der Waals surface area contributed by atoms with Gasteiger partial charge in [0.05, 0.1) is 12.0 Å². The Morgan fingerprint density at radius 3 is 2.17 bits per heavy atom. The molecule has 0 unspecified atom stereocenters. The number of carbonyl (C=O) groups excluding carboxylic acids is 2. The van der Waals surface area contributed by atoms with Crippen molar-refractivity contribution in [2.75, 3.05) is 19.6 Å². The molecule has 0 spiro atoms. The average molecular weight is 405 g/mol. The second-order valence-corrected chi connectivity index (χ2v) is 8.74. The van der Waals surface area contributed by atoms with Crippen LogP contribution in [0, 0.1) is 0 Å². The van der Waals surface area contributed by atoms with Crippen molar-refractivity contribution in [1.29, 1.82) is 0 Å². The summed E-state index contributed by atoms with van der Waals surface area (Å²) < 4.78 is 6.17. The minimum Gasteiger partial charge on any atom is -0.488 e. The third-order valence-corrected chi connectivity index (χ3v) is 6.76. The zero-order chi connectivity index (χ0) is 20.6. The van der Waals surface area contributed by atoms with E-state index in [1.54, 1.807) is 0 Å². The zero-order valence-electron chi connectivity index (χ0n) is 17.2. The molecule has 156 valence electrons. The molecular weight excluding hydrogens is 376 g/mol. The van der Waals surface area contributed by atoms with Crippen molar-refractivity contribution in [2.45, 2.75) is 49.7 Å². The van der Waals surface area contributed by atoms with E-state index in [2.05, 4.69) is 0 Å². The van der Waals surface area contributed by atoms with Crippen LogP contribution in [-0.2, 0) is 15.0 Å². The van der Waals surface area contributed by atoms with Gasteiger partial charge in [0.2, 0.25) is 11.8 Å². The zero-order valence-corrected chi connectivity index (χ0v) is 17.2.